The van der Waals surface area contributed by atoms with Crippen LogP contribution >= 0.6 is 39.1 Å². The molecule has 0 aliphatic heterocycles. The smallest absolute Gasteiger partial charge is 0.261 e. The third kappa shape index (κ3) is 8.27. The van der Waals surface area contributed by atoms with E-state index < -0.39 is 6.04 Å². The molecule has 184 valence electrons. The standard InChI is InChI=1S/C27H27BrCl2N2O3/c1-2-14-31-27(34)24(15-19-6-4-3-5-7-19)32(17-20-8-10-21(28)11-9-20)26(33)18-35-25-13-12-22(29)16-23(25)30/h3-13,16,24H,2,14-15,17-18H2,1H3,(H,31,34)/t24-/m0/s1. The molecule has 0 heterocycles. The van der Waals surface area contributed by atoms with E-state index in [0.717, 1.165) is 22.0 Å². The SMILES string of the molecule is CCCNC(=O)[C@H](Cc1ccccc1)N(Cc1ccc(Br)cc1)C(=O)COc1ccc(Cl)cc1Cl. The van der Waals surface area contributed by atoms with E-state index in [2.05, 4.69) is 21.2 Å². The largest absolute Gasteiger partial charge is 0.482 e. The van der Waals surface area contributed by atoms with Gasteiger partial charge in [-0.25, -0.2) is 0 Å². The number of hydrogen-bond acceptors (Lipinski definition) is 3. The van der Waals surface area contributed by atoms with Crippen molar-refractivity contribution in [3.63, 3.8) is 0 Å². The van der Waals surface area contributed by atoms with Crippen LogP contribution in [0.1, 0.15) is 24.5 Å². The number of carbonyl (C=O) groups excluding carboxylic acids is 2. The van der Waals surface area contributed by atoms with Gasteiger partial charge < -0.3 is 15.0 Å². The number of nitrogens with zero attached hydrogens (tertiary/aromatic N) is 1. The highest BCUT2D eigenvalue weighted by atomic mass is 79.9. The Kier molecular flexibility index (Phi) is 10.5. The fraction of sp³-hybridized carbons (Fsp3) is 0.259. The highest BCUT2D eigenvalue weighted by Gasteiger charge is 2.30. The minimum atomic E-state index is -0.718. The van der Waals surface area contributed by atoms with E-state index in [0.29, 0.717) is 28.8 Å². The van der Waals surface area contributed by atoms with Gasteiger partial charge in [0.15, 0.2) is 6.61 Å². The van der Waals surface area contributed by atoms with Crippen molar-refractivity contribution < 1.29 is 14.3 Å². The maximum atomic E-state index is 13.5. The molecule has 0 spiro atoms. The molecule has 2 amide bonds. The van der Waals surface area contributed by atoms with Gasteiger partial charge >= 0.3 is 0 Å². The van der Waals surface area contributed by atoms with E-state index in [-0.39, 0.29) is 25.0 Å². The summed E-state index contributed by atoms with van der Waals surface area (Å²) in [5.74, 6) is -0.180. The molecule has 0 bridgehead atoms. The fourth-order valence-electron chi connectivity index (χ4n) is 3.52. The second-order valence-electron chi connectivity index (χ2n) is 8.01. The summed E-state index contributed by atoms with van der Waals surface area (Å²) in [6, 6.07) is 21.4. The molecule has 1 N–H and O–H groups in total. The number of ether oxygens (including phenoxy) is 1. The van der Waals surface area contributed by atoms with Gasteiger partial charge in [0.05, 0.1) is 5.02 Å². The third-order valence-corrected chi connectivity index (χ3v) is 6.39. The Morgan fingerprint density at radius 3 is 2.37 bits per heavy atom. The van der Waals surface area contributed by atoms with Crippen LogP contribution in [0.5, 0.6) is 5.75 Å². The topological polar surface area (TPSA) is 58.6 Å². The molecule has 3 rings (SSSR count). The molecule has 0 aliphatic carbocycles. The van der Waals surface area contributed by atoms with Gasteiger partial charge in [-0.2, -0.15) is 0 Å². The second-order valence-corrected chi connectivity index (χ2v) is 9.77. The van der Waals surface area contributed by atoms with Gasteiger partial charge in [-0.15, -0.1) is 0 Å². The zero-order valence-electron chi connectivity index (χ0n) is 19.3. The normalized spacial score (nSPS) is 11.5. The lowest BCUT2D eigenvalue weighted by atomic mass is 10.0. The van der Waals surface area contributed by atoms with Crippen molar-refractivity contribution >= 4 is 50.9 Å². The maximum absolute atomic E-state index is 13.5. The summed E-state index contributed by atoms with van der Waals surface area (Å²) >= 11 is 15.6. The molecule has 8 heteroatoms. The summed E-state index contributed by atoms with van der Waals surface area (Å²) < 4.78 is 6.66. The summed E-state index contributed by atoms with van der Waals surface area (Å²) in [5, 5.41) is 3.74. The number of carbonyl (C=O) groups is 2. The van der Waals surface area contributed by atoms with Crippen LogP contribution in [-0.2, 0) is 22.6 Å². The molecule has 0 saturated carbocycles. The minimum absolute atomic E-state index is 0.203. The highest BCUT2D eigenvalue weighted by Crippen LogP contribution is 2.27. The lowest BCUT2D eigenvalue weighted by molar-refractivity contribution is -0.142. The van der Waals surface area contributed by atoms with Gasteiger partial charge in [-0.05, 0) is 47.9 Å². The molecular formula is C27H27BrCl2N2O3. The summed E-state index contributed by atoms with van der Waals surface area (Å²) in [5.41, 5.74) is 1.85. The highest BCUT2D eigenvalue weighted by molar-refractivity contribution is 9.10. The van der Waals surface area contributed by atoms with Crippen LogP contribution in [0, 0.1) is 0 Å². The summed E-state index contributed by atoms with van der Waals surface area (Å²) in [6.45, 7) is 2.49. The van der Waals surface area contributed by atoms with Crippen molar-refractivity contribution in [3.8, 4) is 5.75 Å². The fourth-order valence-corrected chi connectivity index (χ4v) is 4.25. The Morgan fingerprint density at radius 1 is 1.00 bits per heavy atom. The Morgan fingerprint density at radius 2 is 1.71 bits per heavy atom. The number of hydrogen-bond donors (Lipinski definition) is 1. The lowest BCUT2D eigenvalue weighted by Crippen LogP contribution is -2.51. The number of benzene rings is 3. The second kappa shape index (κ2) is 13.5. The van der Waals surface area contributed by atoms with E-state index in [1.807, 2.05) is 61.5 Å². The van der Waals surface area contributed by atoms with Crippen LogP contribution in [0.15, 0.2) is 77.3 Å². The molecule has 3 aromatic carbocycles. The van der Waals surface area contributed by atoms with Crippen LogP contribution in [0.3, 0.4) is 0 Å². The first kappa shape index (κ1) is 27.1. The monoisotopic (exact) mass is 576 g/mol. The molecular weight excluding hydrogens is 551 g/mol. The number of rotatable bonds is 11. The third-order valence-electron chi connectivity index (χ3n) is 5.33. The van der Waals surface area contributed by atoms with Gasteiger partial charge in [-0.1, -0.05) is 88.5 Å². The lowest BCUT2D eigenvalue weighted by Gasteiger charge is -2.31. The van der Waals surface area contributed by atoms with E-state index in [9.17, 15) is 9.59 Å². The minimum Gasteiger partial charge on any atom is -0.482 e. The number of amides is 2. The Bertz CT molecular complexity index is 1130. The average molecular weight is 578 g/mol. The molecule has 1 atom stereocenters. The maximum Gasteiger partial charge on any atom is 0.261 e. The summed E-state index contributed by atoms with van der Waals surface area (Å²) in [6.07, 6.45) is 1.17. The van der Waals surface area contributed by atoms with Crippen molar-refractivity contribution in [1.82, 2.24) is 10.2 Å². The number of nitrogens with one attached hydrogen (secondary N) is 1. The van der Waals surface area contributed by atoms with Crippen molar-refractivity contribution in [1.29, 1.82) is 0 Å². The molecule has 3 aromatic rings. The van der Waals surface area contributed by atoms with Gasteiger partial charge in [0, 0.05) is 29.0 Å². The van der Waals surface area contributed by atoms with E-state index in [1.165, 1.54) is 0 Å². The van der Waals surface area contributed by atoms with Crippen LogP contribution in [-0.4, -0.2) is 35.9 Å². The van der Waals surface area contributed by atoms with E-state index in [1.54, 1.807) is 23.1 Å². The van der Waals surface area contributed by atoms with Crippen molar-refractivity contribution in [2.45, 2.75) is 32.4 Å². The first-order chi connectivity index (χ1) is 16.9. The van der Waals surface area contributed by atoms with Gasteiger partial charge in [-0.3, -0.25) is 9.59 Å². The van der Waals surface area contributed by atoms with Gasteiger partial charge in [0.2, 0.25) is 5.91 Å². The number of halogens is 3. The predicted octanol–water partition coefficient (Wildman–Crippen LogP) is 6.30. The zero-order chi connectivity index (χ0) is 25.2. The molecule has 0 radical (unpaired) electrons. The summed E-state index contributed by atoms with van der Waals surface area (Å²) in [7, 11) is 0. The predicted molar refractivity (Wildman–Crippen MR) is 144 cm³/mol. The average Bonchev–Trinajstić information content (AvgIpc) is 2.85. The molecule has 0 unspecified atom stereocenters. The first-order valence-corrected chi connectivity index (χ1v) is 12.9. The van der Waals surface area contributed by atoms with Crippen LogP contribution < -0.4 is 10.1 Å². The Hall–Kier alpha value is -2.54. The first-order valence-electron chi connectivity index (χ1n) is 11.3. The molecule has 5 nitrogen and oxygen atoms in total. The Balaban J connectivity index is 1.89. The zero-order valence-corrected chi connectivity index (χ0v) is 22.4. The molecule has 0 fully saturated rings. The molecule has 0 saturated heterocycles. The molecule has 0 aromatic heterocycles. The van der Waals surface area contributed by atoms with E-state index >= 15 is 0 Å². The van der Waals surface area contributed by atoms with E-state index in [4.69, 9.17) is 27.9 Å². The van der Waals surface area contributed by atoms with Crippen molar-refractivity contribution in [3.05, 3.63) is 98.4 Å². The van der Waals surface area contributed by atoms with Gasteiger partial charge in [0.1, 0.15) is 11.8 Å². The van der Waals surface area contributed by atoms with Crippen LogP contribution in [0.2, 0.25) is 10.0 Å². The Labute approximate surface area is 224 Å². The van der Waals surface area contributed by atoms with Gasteiger partial charge in [0.25, 0.3) is 5.91 Å². The molecule has 35 heavy (non-hydrogen) atoms. The van der Waals surface area contributed by atoms with Crippen molar-refractivity contribution in [2.75, 3.05) is 13.2 Å². The van der Waals surface area contributed by atoms with Crippen LogP contribution in [0.25, 0.3) is 0 Å². The van der Waals surface area contributed by atoms with Crippen LogP contribution in [0.4, 0.5) is 0 Å². The quantitative estimate of drug-likeness (QED) is 0.291. The van der Waals surface area contributed by atoms with Crippen molar-refractivity contribution in [2.24, 2.45) is 0 Å². The summed E-state index contributed by atoms with van der Waals surface area (Å²) in [4.78, 5) is 28.4. The molecule has 0 aliphatic rings.